The Morgan fingerprint density at radius 1 is 1.12 bits per heavy atom. The minimum absolute atomic E-state index is 0.0922. The summed E-state index contributed by atoms with van der Waals surface area (Å²) in [5, 5.41) is 16.6. The SMILES string of the molecule is Cc1c(C(=O)NCCN2CCOCC2)oc2c1/C(=N/NC(=O)c1ccc(O)cc1)CCC2. The van der Waals surface area contributed by atoms with Gasteiger partial charge in [-0.25, -0.2) is 5.43 Å². The minimum atomic E-state index is -0.369. The second-order valence-electron chi connectivity index (χ2n) is 7.96. The van der Waals surface area contributed by atoms with Crippen LogP contribution in [0.2, 0.25) is 0 Å². The number of hydrazone groups is 1. The summed E-state index contributed by atoms with van der Waals surface area (Å²) < 4.78 is 11.3. The first kappa shape index (κ1) is 22.0. The Morgan fingerprint density at radius 2 is 1.88 bits per heavy atom. The lowest BCUT2D eigenvalue weighted by molar-refractivity contribution is 0.0382. The van der Waals surface area contributed by atoms with E-state index in [9.17, 15) is 14.7 Å². The van der Waals surface area contributed by atoms with E-state index < -0.39 is 0 Å². The Morgan fingerprint density at radius 3 is 2.62 bits per heavy atom. The van der Waals surface area contributed by atoms with Crippen LogP contribution in [-0.2, 0) is 11.2 Å². The number of furan rings is 1. The molecule has 3 N–H and O–H groups in total. The molecule has 2 aliphatic rings. The molecule has 0 saturated carbocycles. The van der Waals surface area contributed by atoms with Crippen molar-refractivity contribution in [3.63, 3.8) is 0 Å². The molecule has 4 rings (SSSR count). The van der Waals surface area contributed by atoms with Crippen molar-refractivity contribution < 1.29 is 23.8 Å². The van der Waals surface area contributed by atoms with E-state index in [2.05, 4.69) is 20.7 Å². The van der Waals surface area contributed by atoms with E-state index in [1.165, 1.54) is 24.3 Å². The normalized spacial score (nSPS) is 17.7. The molecule has 2 heterocycles. The molecule has 1 aliphatic heterocycles. The molecule has 1 aliphatic carbocycles. The van der Waals surface area contributed by atoms with Gasteiger partial charge in [-0.2, -0.15) is 5.10 Å². The van der Waals surface area contributed by atoms with Gasteiger partial charge in [0.2, 0.25) is 0 Å². The highest BCUT2D eigenvalue weighted by molar-refractivity contribution is 6.07. The van der Waals surface area contributed by atoms with Gasteiger partial charge < -0.3 is 19.6 Å². The highest BCUT2D eigenvalue weighted by Gasteiger charge is 2.28. The number of carbonyl (C=O) groups excluding carboxylic acids is 2. The van der Waals surface area contributed by atoms with Crippen molar-refractivity contribution in [1.82, 2.24) is 15.6 Å². The zero-order valence-corrected chi connectivity index (χ0v) is 18.1. The number of benzene rings is 1. The largest absolute Gasteiger partial charge is 0.508 e. The van der Waals surface area contributed by atoms with Crippen molar-refractivity contribution in [3.05, 3.63) is 52.5 Å². The number of nitrogens with one attached hydrogen (secondary N) is 2. The van der Waals surface area contributed by atoms with E-state index in [0.717, 1.165) is 62.6 Å². The van der Waals surface area contributed by atoms with Crippen LogP contribution in [0, 0.1) is 6.92 Å². The smallest absolute Gasteiger partial charge is 0.287 e. The van der Waals surface area contributed by atoms with E-state index >= 15 is 0 Å². The van der Waals surface area contributed by atoms with Crippen molar-refractivity contribution in [3.8, 4) is 5.75 Å². The molecule has 2 amide bonds. The molecule has 2 aromatic rings. The third kappa shape index (κ3) is 5.00. The van der Waals surface area contributed by atoms with Crippen LogP contribution in [0.4, 0.5) is 0 Å². The summed E-state index contributed by atoms with van der Waals surface area (Å²) in [6.07, 6.45) is 2.23. The van der Waals surface area contributed by atoms with Crippen LogP contribution >= 0.6 is 0 Å². The van der Waals surface area contributed by atoms with Gasteiger partial charge in [0, 0.05) is 49.3 Å². The van der Waals surface area contributed by atoms with Gasteiger partial charge in [-0.1, -0.05) is 0 Å². The summed E-state index contributed by atoms with van der Waals surface area (Å²) in [5.74, 6) is 0.514. The molecule has 1 aromatic carbocycles. The number of hydrogen-bond donors (Lipinski definition) is 3. The molecule has 0 bridgehead atoms. The number of fused-ring (bicyclic) bond motifs is 1. The van der Waals surface area contributed by atoms with Crippen LogP contribution < -0.4 is 10.7 Å². The van der Waals surface area contributed by atoms with Crippen molar-refractivity contribution in [2.75, 3.05) is 39.4 Å². The maximum Gasteiger partial charge on any atom is 0.287 e. The fraction of sp³-hybridized carbons (Fsp3) is 0.435. The summed E-state index contributed by atoms with van der Waals surface area (Å²) in [4.78, 5) is 27.3. The predicted molar refractivity (Wildman–Crippen MR) is 118 cm³/mol. The van der Waals surface area contributed by atoms with E-state index in [1.807, 2.05) is 6.92 Å². The Bertz CT molecular complexity index is 1010. The van der Waals surface area contributed by atoms with Gasteiger partial charge >= 0.3 is 0 Å². The first-order chi connectivity index (χ1) is 15.5. The van der Waals surface area contributed by atoms with Crippen LogP contribution in [0.5, 0.6) is 5.75 Å². The maximum absolute atomic E-state index is 12.7. The second-order valence-corrected chi connectivity index (χ2v) is 7.96. The Labute approximate surface area is 186 Å². The number of hydrogen-bond acceptors (Lipinski definition) is 7. The van der Waals surface area contributed by atoms with Crippen molar-refractivity contribution in [2.45, 2.75) is 26.2 Å². The number of phenols is 1. The molecule has 9 heteroatoms. The highest BCUT2D eigenvalue weighted by Crippen LogP contribution is 2.29. The van der Waals surface area contributed by atoms with Crippen LogP contribution in [0.1, 0.15) is 50.6 Å². The number of amides is 2. The quantitative estimate of drug-likeness (QED) is 0.590. The summed E-state index contributed by atoms with van der Waals surface area (Å²) in [5.41, 5.74) is 5.21. The molecule has 1 saturated heterocycles. The first-order valence-corrected chi connectivity index (χ1v) is 10.9. The van der Waals surface area contributed by atoms with E-state index in [1.54, 1.807) is 0 Å². The van der Waals surface area contributed by atoms with Gasteiger partial charge in [-0.05, 0) is 44.0 Å². The number of phenolic OH excluding ortho intramolecular Hbond substituents is 1. The standard InChI is InChI=1S/C23H28N4O5/c1-15-20-18(25-26-22(29)16-5-7-17(28)8-6-16)3-2-4-19(20)32-21(15)23(30)24-9-10-27-11-13-31-14-12-27/h5-8,28H,2-4,9-14H2,1H3,(H,24,30)(H,26,29)/b25-18+. The third-order valence-electron chi connectivity index (χ3n) is 5.77. The molecule has 1 fully saturated rings. The van der Waals surface area contributed by atoms with Crippen LogP contribution in [0.15, 0.2) is 33.8 Å². The summed E-state index contributed by atoms with van der Waals surface area (Å²) in [6.45, 7) is 6.35. The Kier molecular flexibility index (Phi) is 6.87. The number of aryl methyl sites for hydroxylation is 1. The fourth-order valence-electron chi connectivity index (χ4n) is 4.02. The third-order valence-corrected chi connectivity index (χ3v) is 5.77. The summed E-state index contributed by atoms with van der Waals surface area (Å²) >= 11 is 0. The summed E-state index contributed by atoms with van der Waals surface area (Å²) in [6, 6.07) is 5.95. The van der Waals surface area contributed by atoms with Crippen molar-refractivity contribution in [2.24, 2.45) is 5.10 Å². The average molecular weight is 441 g/mol. The fourth-order valence-corrected chi connectivity index (χ4v) is 4.02. The van der Waals surface area contributed by atoms with E-state index in [0.29, 0.717) is 30.0 Å². The van der Waals surface area contributed by atoms with Gasteiger partial charge in [0.05, 0.1) is 18.9 Å². The van der Waals surface area contributed by atoms with Gasteiger partial charge in [-0.3, -0.25) is 14.5 Å². The number of nitrogens with zero attached hydrogens (tertiary/aromatic N) is 2. The molecule has 9 nitrogen and oxygen atoms in total. The predicted octanol–water partition coefficient (Wildman–Crippen LogP) is 1.83. The Hall–Kier alpha value is -3.17. The highest BCUT2D eigenvalue weighted by atomic mass is 16.5. The zero-order valence-electron chi connectivity index (χ0n) is 18.1. The van der Waals surface area contributed by atoms with Crippen LogP contribution in [-0.4, -0.2) is 66.9 Å². The molecule has 0 atom stereocenters. The maximum atomic E-state index is 12.7. The van der Waals surface area contributed by atoms with Gasteiger partial charge in [-0.15, -0.1) is 0 Å². The topological polar surface area (TPSA) is 116 Å². The molecule has 0 spiro atoms. The monoisotopic (exact) mass is 440 g/mol. The molecule has 1 aromatic heterocycles. The molecular formula is C23H28N4O5. The molecule has 0 radical (unpaired) electrons. The van der Waals surface area contributed by atoms with Gasteiger partial charge in [0.1, 0.15) is 11.5 Å². The molecular weight excluding hydrogens is 412 g/mol. The lowest BCUT2D eigenvalue weighted by Crippen LogP contribution is -2.41. The van der Waals surface area contributed by atoms with Gasteiger partial charge in [0.25, 0.3) is 11.8 Å². The minimum Gasteiger partial charge on any atom is -0.508 e. The van der Waals surface area contributed by atoms with Crippen molar-refractivity contribution >= 4 is 17.5 Å². The molecule has 0 unspecified atom stereocenters. The zero-order chi connectivity index (χ0) is 22.5. The van der Waals surface area contributed by atoms with E-state index in [-0.39, 0.29) is 17.6 Å². The van der Waals surface area contributed by atoms with Gasteiger partial charge in [0.15, 0.2) is 5.76 Å². The molecule has 170 valence electrons. The lowest BCUT2D eigenvalue weighted by atomic mass is 9.93. The molecule has 32 heavy (non-hydrogen) atoms. The van der Waals surface area contributed by atoms with Crippen molar-refractivity contribution in [1.29, 1.82) is 0 Å². The van der Waals surface area contributed by atoms with E-state index in [4.69, 9.17) is 9.15 Å². The summed E-state index contributed by atoms with van der Waals surface area (Å²) in [7, 11) is 0. The first-order valence-electron chi connectivity index (χ1n) is 10.9. The second kappa shape index (κ2) is 9.97. The van der Waals surface area contributed by atoms with Crippen LogP contribution in [0.25, 0.3) is 0 Å². The average Bonchev–Trinajstić information content (AvgIpc) is 3.16. The number of ether oxygens (including phenoxy) is 1. The Balaban J connectivity index is 1.42. The number of rotatable bonds is 6. The van der Waals surface area contributed by atoms with Crippen LogP contribution in [0.3, 0.4) is 0 Å². The number of carbonyl (C=O) groups is 2. The number of aromatic hydroxyl groups is 1. The number of morpholine rings is 1. The lowest BCUT2D eigenvalue weighted by Gasteiger charge is -2.26.